The smallest absolute Gasteiger partial charge is 0.258 e. The van der Waals surface area contributed by atoms with E-state index in [9.17, 15) is 9.18 Å². The molecule has 0 fully saturated rings. The van der Waals surface area contributed by atoms with Crippen molar-refractivity contribution in [3.8, 4) is 11.5 Å². The number of hydrogen-bond donors (Lipinski definition) is 2. The van der Waals surface area contributed by atoms with E-state index in [4.69, 9.17) is 15.2 Å². The highest BCUT2D eigenvalue weighted by atomic mass is 19.1. The zero-order valence-electron chi connectivity index (χ0n) is 11.6. The van der Waals surface area contributed by atoms with Gasteiger partial charge in [0.15, 0.2) is 0 Å². The molecule has 0 spiro atoms. The topological polar surface area (TPSA) is 73.6 Å². The minimum absolute atomic E-state index is 0.0772. The monoisotopic (exact) mass is 290 g/mol. The fourth-order valence-corrected chi connectivity index (χ4v) is 1.79. The maximum absolute atomic E-state index is 13.8. The lowest BCUT2D eigenvalue weighted by Gasteiger charge is -2.10. The van der Waals surface area contributed by atoms with Gasteiger partial charge in [-0.3, -0.25) is 4.79 Å². The summed E-state index contributed by atoms with van der Waals surface area (Å²) in [6.45, 7) is 0. The average Bonchev–Trinajstić information content (AvgIpc) is 2.48. The second kappa shape index (κ2) is 6.13. The van der Waals surface area contributed by atoms with E-state index in [0.717, 1.165) is 6.07 Å². The number of nitrogen functional groups attached to an aromatic ring is 1. The minimum Gasteiger partial charge on any atom is -0.497 e. The van der Waals surface area contributed by atoms with E-state index in [1.54, 1.807) is 18.2 Å². The highest BCUT2D eigenvalue weighted by Gasteiger charge is 2.13. The van der Waals surface area contributed by atoms with Crippen molar-refractivity contribution in [1.82, 2.24) is 0 Å². The van der Waals surface area contributed by atoms with Crippen LogP contribution in [0.2, 0.25) is 0 Å². The molecule has 21 heavy (non-hydrogen) atoms. The van der Waals surface area contributed by atoms with Gasteiger partial charge >= 0.3 is 0 Å². The van der Waals surface area contributed by atoms with Gasteiger partial charge in [-0.1, -0.05) is 0 Å². The van der Waals surface area contributed by atoms with Crippen molar-refractivity contribution in [2.24, 2.45) is 0 Å². The van der Waals surface area contributed by atoms with Crippen LogP contribution in [0.3, 0.4) is 0 Å². The Labute approximate surface area is 121 Å². The summed E-state index contributed by atoms with van der Waals surface area (Å²) in [5, 5.41) is 2.58. The summed E-state index contributed by atoms with van der Waals surface area (Å²) in [6.07, 6.45) is 0. The van der Waals surface area contributed by atoms with Crippen LogP contribution in [0.4, 0.5) is 15.8 Å². The first-order chi connectivity index (χ1) is 10.0. The molecule has 5 nitrogen and oxygen atoms in total. The summed E-state index contributed by atoms with van der Waals surface area (Å²) in [5.74, 6) is -0.447. The molecule has 0 unspecified atom stereocenters. The molecule has 0 atom stereocenters. The molecule has 0 aliphatic rings. The Morgan fingerprint density at radius 2 is 1.90 bits per heavy atom. The molecule has 0 aliphatic heterocycles. The number of benzene rings is 2. The second-order valence-electron chi connectivity index (χ2n) is 4.26. The van der Waals surface area contributed by atoms with Gasteiger partial charge in [0, 0.05) is 17.8 Å². The number of carbonyl (C=O) groups is 1. The summed E-state index contributed by atoms with van der Waals surface area (Å²) in [7, 11) is 2.90. The quantitative estimate of drug-likeness (QED) is 0.849. The normalized spacial score (nSPS) is 10.0. The van der Waals surface area contributed by atoms with Gasteiger partial charge in [-0.15, -0.1) is 0 Å². The molecule has 2 aromatic carbocycles. The zero-order valence-corrected chi connectivity index (χ0v) is 11.6. The van der Waals surface area contributed by atoms with E-state index >= 15 is 0 Å². The van der Waals surface area contributed by atoms with Crippen LogP contribution in [0.15, 0.2) is 36.4 Å². The summed E-state index contributed by atoms with van der Waals surface area (Å²) in [6, 6.07) is 8.79. The number of rotatable bonds is 4. The van der Waals surface area contributed by atoms with Crippen molar-refractivity contribution in [3.63, 3.8) is 0 Å². The van der Waals surface area contributed by atoms with Gasteiger partial charge in [0.2, 0.25) is 0 Å². The summed E-state index contributed by atoms with van der Waals surface area (Å²) in [4.78, 5) is 12.1. The Balaban J connectivity index is 2.22. The second-order valence-corrected chi connectivity index (χ2v) is 4.26. The molecule has 0 radical (unpaired) electrons. The molecule has 0 saturated heterocycles. The Kier molecular flexibility index (Phi) is 4.27. The van der Waals surface area contributed by atoms with Crippen molar-refractivity contribution in [3.05, 3.63) is 47.8 Å². The van der Waals surface area contributed by atoms with Gasteiger partial charge in [0.1, 0.15) is 17.3 Å². The molecule has 0 heterocycles. The number of amides is 1. The highest BCUT2D eigenvalue weighted by molar-refractivity contribution is 6.04. The minimum atomic E-state index is -0.658. The molecule has 0 aromatic heterocycles. The van der Waals surface area contributed by atoms with E-state index < -0.39 is 11.7 Å². The van der Waals surface area contributed by atoms with Crippen LogP contribution in [0.5, 0.6) is 11.5 Å². The Morgan fingerprint density at radius 3 is 2.52 bits per heavy atom. The van der Waals surface area contributed by atoms with Crippen molar-refractivity contribution >= 4 is 17.3 Å². The molecular formula is C15H15FN2O3. The number of halogens is 1. The predicted molar refractivity (Wildman–Crippen MR) is 78.3 cm³/mol. The van der Waals surface area contributed by atoms with Crippen molar-refractivity contribution < 1.29 is 18.7 Å². The molecule has 0 aliphatic carbocycles. The third-order valence-corrected chi connectivity index (χ3v) is 2.91. The molecule has 3 N–H and O–H groups in total. The first kappa shape index (κ1) is 14.6. The number of anilines is 2. The van der Waals surface area contributed by atoms with Gasteiger partial charge < -0.3 is 20.5 Å². The molecule has 110 valence electrons. The van der Waals surface area contributed by atoms with E-state index in [1.165, 1.54) is 26.4 Å². The SMILES string of the molecule is COc1ccc(C(=O)Nc2ccc(N)c(OC)c2)c(F)c1. The number of nitrogens with one attached hydrogen (secondary N) is 1. The van der Waals surface area contributed by atoms with Crippen LogP contribution < -0.4 is 20.5 Å². The number of ether oxygens (including phenoxy) is 2. The number of nitrogens with two attached hydrogens (primary N) is 1. The zero-order chi connectivity index (χ0) is 15.4. The van der Waals surface area contributed by atoms with Crippen molar-refractivity contribution in [1.29, 1.82) is 0 Å². The number of methoxy groups -OCH3 is 2. The number of carbonyl (C=O) groups excluding carboxylic acids is 1. The van der Waals surface area contributed by atoms with Gasteiger partial charge in [0.05, 0.1) is 25.5 Å². The third kappa shape index (κ3) is 3.22. The first-order valence-corrected chi connectivity index (χ1v) is 6.13. The third-order valence-electron chi connectivity index (χ3n) is 2.91. The van der Waals surface area contributed by atoms with E-state index in [1.807, 2.05) is 0 Å². The molecule has 6 heteroatoms. The van der Waals surface area contributed by atoms with E-state index in [0.29, 0.717) is 22.9 Å². The fraction of sp³-hybridized carbons (Fsp3) is 0.133. The highest BCUT2D eigenvalue weighted by Crippen LogP contribution is 2.25. The lowest BCUT2D eigenvalue weighted by molar-refractivity contribution is 0.102. The van der Waals surface area contributed by atoms with Crippen LogP contribution in [0.25, 0.3) is 0 Å². The van der Waals surface area contributed by atoms with Crippen molar-refractivity contribution in [2.45, 2.75) is 0 Å². The molecule has 0 saturated carbocycles. The predicted octanol–water partition coefficient (Wildman–Crippen LogP) is 2.68. The van der Waals surface area contributed by atoms with E-state index in [-0.39, 0.29) is 5.56 Å². The Bertz CT molecular complexity index is 674. The average molecular weight is 290 g/mol. The molecule has 1 amide bonds. The fourth-order valence-electron chi connectivity index (χ4n) is 1.79. The maximum Gasteiger partial charge on any atom is 0.258 e. The largest absolute Gasteiger partial charge is 0.497 e. The van der Waals surface area contributed by atoms with Crippen LogP contribution in [-0.2, 0) is 0 Å². The van der Waals surface area contributed by atoms with Gasteiger partial charge in [-0.25, -0.2) is 4.39 Å². The van der Waals surface area contributed by atoms with Crippen LogP contribution in [0.1, 0.15) is 10.4 Å². The Morgan fingerprint density at radius 1 is 1.14 bits per heavy atom. The lowest BCUT2D eigenvalue weighted by Crippen LogP contribution is -2.14. The lowest BCUT2D eigenvalue weighted by atomic mass is 10.1. The van der Waals surface area contributed by atoms with Gasteiger partial charge in [-0.2, -0.15) is 0 Å². The molecule has 2 aromatic rings. The van der Waals surface area contributed by atoms with Gasteiger partial charge in [-0.05, 0) is 24.3 Å². The maximum atomic E-state index is 13.8. The first-order valence-electron chi connectivity index (χ1n) is 6.13. The molecular weight excluding hydrogens is 275 g/mol. The van der Waals surface area contributed by atoms with Crippen LogP contribution in [-0.4, -0.2) is 20.1 Å². The van der Waals surface area contributed by atoms with Crippen molar-refractivity contribution in [2.75, 3.05) is 25.3 Å². The van der Waals surface area contributed by atoms with E-state index in [2.05, 4.69) is 5.32 Å². The molecule has 2 rings (SSSR count). The van der Waals surface area contributed by atoms with Crippen LogP contribution >= 0.6 is 0 Å². The van der Waals surface area contributed by atoms with Gasteiger partial charge in [0.25, 0.3) is 5.91 Å². The summed E-state index contributed by atoms with van der Waals surface area (Å²) < 4.78 is 23.8. The molecule has 0 bridgehead atoms. The summed E-state index contributed by atoms with van der Waals surface area (Å²) >= 11 is 0. The summed E-state index contributed by atoms with van der Waals surface area (Å²) in [5.41, 5.74) is 6.52. The Hall–Kier alpha value is -2.76. The standard InChI is InChI=1S/C15H15FN2O3/c1-20-10-4-5-11(12(16)8-10)15(19)18-9-3-6-13(17)14(7-9)21-2/h3-8H,17H2,1-2H3,(H,18,19). The number of hydrogen-bond acceptors (Lipinski definition) is 4. The van der Waals surface area contributed by atoms with Crippen LogP contribution in [0, 0.1) is 5.82 Å².